The molecule has 0 radical (unpaired) electrons. The molecule has 1 heterocycles. The van der Waals surface area contributed by atoms with E-state index < -0.39 is 0 Å². The van der Waals surface area contributed by atoms with Crippen molar-refractivity contribution < 1.29 is 0 Å². The summed E-state index contributed by atoms with van der Waals surface area (Å²) in [7, 11) is 0. The Morgan fingerprint density at radius 1 is 0.364 bits per heavy atom. The minimum atomic E-state index is 1.15. The molecule has 11 rings (SSSR count). The molecule has 1 aromatic heterocycles. The Labute approximate surface area is 333 Å². The summed E-state index contributed by atoms with van der Waals surface area (Å²) in [6, 6.07) is 69.8. The molecular weight excluding hydrogens is 777 g/mol. The van der Waals surface area contributed by atoms with E-state index in [0.717, 1.165) is 5.69 Å². The Bertz CT molecular complexity index is 3230. The number of fused-ring (bicyclic) bond motifs is 3. The standard InChI is InChI=1S/C53H34IN/c1-33-11-13-36(14-12-33)47-32-48(46-29-28-44-42(35-15-22-40(54)23-16-35)26-19-38-20-27-45(47)53(46)52(38)44)37-17-24-41(25-18-37)55-50-10-6-5-9-43(50)49-31-39(21-30-51(49)55)34-7-3-2-4-8-34/h2-32H,1H3. The highest BCUT2D eigenvalue weighted by Crippen LogP contribution is 2.46. The number of halogens is 1. The number of hydrogen-bond acceptors (Lipinski definition) is 0. The summed E-state index contributed by atoms with van der Waals surface area (Å²) in [6.07, 6.45) is 0. The molecule has 0 saturated carbocycles. The van der Waals surface area contributed by atoms with Crippen molar-refractivity contribution >= 4 is 76.7 Å². The average Bonchev–Trinajstić information content (AvgIpc) is 3.57. The number of aryl methyl sites for hydroxylation is 1. The molecule has 0 aliphatic heterocycles. The second-order valence-corrected chi connectivity index (χ2v) is 15.9. The molecule has 0 fully saturated rings. The number of rotatable bonds is 5. The highest BCUT2D eigenvalue weighted by Gasteiger charge is 2.19. The Morgan fingerprint density at radius 2 is 0.927 bits per heavy atom. The molecule has 11 aromatic rings. The maximum Gasteiger partial charge on any atom is 0.0541 e. The van der Waals surface area contributed by atoms with Gasteiger partial charge in [0.25, 0.3) is 0 Å². The van der Waals surface area contributed by atoms with Crippen LogP contribution in [0.3, 0.4) is 0 Å². The molecule has 55 heavy (non-hydrogen) atoms. The smallest absolute Gasteiger partial charge is 0.0541 e. The first-order valence-electron chi connectivity index (χ1n) is 18.9. The van der Waals surface area contributed by atoms with Crippen LogP contribution in [0.15, 0.2) is 188 Å². The SMILES string of the molecule is Cc1ccc(-c2cc(-c3ccc(-n4c5ccccc5c5cc(-c6ccccc6)ccc54)cc3)c3ccc4c(-c5ccc(I)cc5)ccc5ccc2c3c54)cc1. The molecule has 0 atom stereocenters. The zero-order valence-electron chi connectivity index (χ0n) is 30.2. The van der Waals surface area contributed by atoms with Crippen molar-refractivity contribution in [2.75, 3.05) is 0 Å². The lowest BCUT2D eigenvalue weighted by Gasteiger charge is -2.20. The Kier molecular flexibility index (Phi) is 7.43. The van der Waals surface area contributed by atoms with E-state index in [1.165, 1.54) is 108 Å². The summed E-state index contributed by atoms with van der Waals surface area (Å²) in [5.41, 5.74) is 14.8. The number of aromatic nitrogens is 1. The molecule has 0 aliphatic carbocycles. The quantitative estimate of drug-likeness (QED) is 0.121. The third-order valence-corrected chi connectivity index (χ3v) is 12.2. The molecule has 0 saturated heterocycles. The second-order valence-electron chi connectivity index (χ2n) is 14.7. The fourth-order valence-corrected chi connectivity index (χ4v) is 9.20. The van der Waals surface area contributed by atoms with Crippen LogP contribution in [0.25, 0.3) is 104 Å². The van der Waals surface area contributed by atoms with Crippen LogP contribution in [0.2, 0.25) is 0 Å². The third-order valence-electron chi connectivity index (χ3n) is 11.5. The van der Waals surface area contributed by atoms with Crippen LogP contribution in [0.1, 0.15) is 5.56 Å². The van der Waals surface area contributed by atoms with E-state index in [1.807, 2.05) is 0 Å². The first-order valence-corrected chi connectivity index (χ1v) is 19.9. The van der Waals surface area contributed by atoms with E-state index in [4.69, 9.17) is 0 Å². The summed E-state index contributed by atoms with van der Waals surface area (Å²) < 4.78 is 3.66. The van der Waals surface area contributed by atoms with Gasteiger partial charge >= 0.3 is 0 Å². The van der Waals surface area contributed by atoms with Crippen molar-refractivity contribution in [3.05, 3.63) is 197 Å². The first-order chi connectivity index (χ1) is 27.1. The second kappa shape index (κ2) is 12.7. The lowest BCUT2D eigenvalue weighted by atomic mass is 9.84. The number of nitrogens with zero attached hydrogens (tertiary/aromatic N) is 1. The minimum Gasteiger partial charge on any atom is -0.309 e. The molecule has 1 nitrogen and oxygen atoms in total. The van der Waals surface area contributed by atoms with E-state index in [9.17, 15) is 0 Å². The fourth-order valence-electron chi connectivity index (χ4n) is 8.84. The van der Waals surface area contributed by atoms with Gasteiger partial charge in [-0.2, -0.15) is 0 Å². The van der Waals surface area contributed by atoms with Gasteiger partial charge in [0, 0.05) is 20.0 Å². The van der Waals surface area contributed by atoms with Gasteiger partial charge in [0.05, 0.1) is 11.0 Å². The lowest BCUT2D eigenvalue weighted by molar-refractivity contribution is 1.18. The largest absolute Gasteiger partial charge is 0.309 e. The van der Waals surface area contributed by atoms with Crippen LogP contribution in [0.5, 0.6) is 0 Å². The highest BCUT2D eigenvalue weighted by atomic mass is 127. The summed E-state index contributed by atoms with van der Waals surface area (Å²) in [5.74, 6) is 0. The first kappa shape index (κ1) is 32.2. The molecule has 10 aromatic carbocycles. The maximum atomic E-state index is 2.42. The van der Waals surface area contributed by atoms with E-state index >= 15 is 0 Å². The molecule has 0 spiro atoms. The van der Waals surface area contributed by atoms with Crippen molar-refractivity contribution in [2.24, 2.45) is 0 Å². The monoisotopic (exact) mass is 811 g/mol. The zero-order valence-corrected chi connectivity index (χ0v) is 32.4. The van der Waals surface area contributed by atoms with Gasteiger partial charge in [-0.05, 0) is 155 Å². The topological polar surface area (TPSA) is 4.93 Å². The summed E-state index contributed by atoms with van der Waals surface area (Å²) >= 11 is 2.39. The third kappa shape index (κ3) is 5.20. The van der Waals surface area contributed by atoms with Crippen molar-refractivity contribution in [3.8, 4) is 50.2 Å². The molecule has 0 unspecified atom stereocenters. The number of benzene rings is 10. The van der Waals surface area contributed by atoms with E-state index in [1.54, 1.807) is 0 Å². The van der Waals surface area contributed by atoms with Gasteiger partial charge in [0.2, 0.25) is 0 Å². The van der Waals surface area contributed by atoms with E-state index in [0.29, 0.717) is 0 Å². The van der Waals surface area contributed by atoms with Gasteiger partial charge in [0.15, 0.2) is 0 Å². The Hall–Kier alpha value is -6.23. The fraction of sp³-hybridized carbons (Fsp3) is 0.0189. The average molecular weight is 812 g/mol. The molecule has 0 N–H and O–H groups in total. The van der Waals surface area contributed by atoms with Crippen LogP contribution in [0.4, 0.5) is 0 Å². The summed E-state index contributed by atoms with van der Waals surface area (Å²) in [4.78, 5) is 0. The van der Waals surface area contributed by atoms with Gasteiger partial charge < -0.3 is 4.57 Å². The molecule has 0 aliphatic rings. The van der Waals surface area contributed by atoms with Crippen LogP contribution in [-0.2, 0) is 0 Å². The van der Waals surface area contributed by atoms with Gasteiger partial charge in [-0.15, -0.1) is 0 Å². The minimum absolute atomic E-state index is 1.15. The number of hydrogen-bond donors (Lipinski definition) is 0. The molecule has 2 heteroatoms. The predicted octanol–water partition coefficient (Wildman–Crippen LogP) is 15.3. The van der Waals surface area contributed by atoms with E-state index in [-0.39, 0.29) is 0 Å². The van der Waals surface area contributed by atoms with Crippen LogP contribution in [0, 0.1) is 10.5 Å². The van der Waals surface area contributed by atoms with Crippen molar-refractivity contribution in [1.29, 1.82) is 0 Å². The van der Waals surface area contributed by atoms with Gasteiger partial charge in [-0.3, -0.25) is 0 Å². The highest BCUT2D eigenvalue weighted by molar-refractivity contribution is 14.1. The van der Waals surface area contributed by atoms with Crippen molar-refractivity contribution in [3.63, 3.8) is 0 Å². The number of para-hydroxylation sites is 1. The van der Waals surface area contributed by atoms with Gasteiger partial charge in [-0.1, -0.05) is 145 Å². The van der Waals surface area contributed by atoms with Crippen molar-refractivity contribution in [1.82, 2.24) is 4.57 Å². The van der Waals surface area contributed by atoms with E-state index in [2.05, 4.69) is 222 Å². The normalized spacial score (nSPS) is 11.8. The van der Waals surface area contributed by atoms with Crippen LogP contribution < -0.4 is 0 Å². The Balaban J connectivity index is 1.12. The van der Waals surface area contributed by atoms with Crippen molar-refractivity contribution in [2.45, 2.75) is 6.92 Å². The summed E-state index contributed by atoms with van der Waals surface area (Å²) in [5, 5.41) is 10.3. The molecule has 258 valence electrons. The molecular formula is C53H34IN. The predicted molar refractivity (Wildman–Crippen MR) is 244 cm³/mol. The Morgan fingerprint density at radius 3 is 1.67 bits per heavy atom. The van der Waals surface area contributed by atoms with Crippen LogP contribution in [-0.4, -0.2) is 4.57 Å². The van der Waals surface area contributed by atoms with Gasteiger partial charge in [0.1, 0.15) is 0 Å². The summed E-state index contributed by atoms with van der Waals surface area (Å²) in [6.45, 7) is 2.16. The van der Waals surface area contributed by atoms with Gasteiger partial charge in [-0.25, -0.2) is 0 Å². The lowest BCUT2D eigenvalue weighted by Crippen LogP contribution is -1.95. The zero-order chi connectivity index (χ0) is 36.6. The molecule has 0 amide bonds. The maximum absolute atomic E-state index is 2.42. The van der Waals surface area contributed by atoms with Crippen LogP contribution >= 0.6 is 22.6 Å². The molecule has 0 bridgehead atoms.